The van der Waals surface area contributed by atoms with Crippen LogP contribution in [-0.4, -0.2) is 19.3 Å². The molecule has 0 aliphatic heterocycles. The predicted molar refractivity (Wildman–Crippen MR) is 89.4 cm³/mol. The molecule has 4 rings (SSSR count). The van der Waals surface area contributed by atoms with Gasteiger partial charge in [-0.05, 0) is 35.0 Å². The Labute approximate surface area is 133 Å². The van der Waals surface area contributed by atoms with Crippen molar-refractivity contribution in [3.8, 4) is 17.2 Å². The molecule has 2 aromatic carbocycles. The fourth-order valence-electron chi connectivity index (χ4n) is 2.99. The summed E-state index contributed by atoms with van der Waals surface area (Å²) in [4.78, 5) is 0. The molecule has 2 heterocycles. The van der Waals surface area contributed by atoms with Crippen molar-refractivity contribution in [3.63, 3.8) is 0 Å². The van der Waals surface area contributed by atoms with Gasteiger partial charge >= 0.3 is 0 Å². The van der Waals surface area contributed by atoms with Crippen LogP contribution in [0.25, 0.3) is 27.1 Å². The molecule has 2 aromatic heterocycles. The van der Waals surface area contributed by atoms with Crippen LogP contribution < -0.4 is 13.9 Å². The zero-order valence-corrected chi connectivity index (χ0v) is 12.9. The maximum absolute atomic E-state index is 10.3. The van der Waals surface area contributed by atoms with Gasteiger partial charge in [0, 0.05) is 12.1 Å². The van der Waals surface area contributed by atoms with Crippen LogP contribution in [0.3, 0.4) is 0 Å². The summed E-state index contributed by atoms with van der Waals surface area (Å²) in [6, 6.07) is 13.9. The minimum Gasteiger partial charge on any atom is -0.504 e. The molecule has 0 saturated carbocycles. The van der Waals surface area contributed by atoms with Gasteiger partial charge in [0.1, 0.15) is 5.75 Å². The van der Waals surface area contributed by atoms with Crippen LogP contribution >= 0.6 is 0 Å². The number of methoxy groups -OCH3 is 2. The van der Waals surface area contributed by atoms with Gasteiger partial charge in [-0.2, -0.15) is 4.40 Å². The smallest absolute Gasteiger partial charge is 0.219 e. The molecule has 0 atom stereocenters. The first kappa shape index (κ1) is 13.6. The van der Waals surface area contributed by atoms with E-state index in [1.165, 1.54) is 0 Å². The normalized spacial score (nSPS) is 11.2. The number of phenolic OH excluding ortho intramolecular Hbond substituents is 1. The monoisotopic (exact) mass is 306 g/mol. The second kappa shape index (κ2) is 5.02. The summed E-state index contributed by atoms with van der Waals surface area (Å²) in [5, 5.41) is 14.3. The number of nitrogens with zero attached hydrogens (tertiary/aromatic N) is 1. The van der Waals surface area contributed by atoms with E-state index in [-0.39, 0.29) is 5.75 Å². The van der Waals surface area contributed by atoms with E-state index in [4.69, 9.17) is 9.47 Å². The standard InChI is InChI=1S/C19H15NO3/c1-22-14-5-3-12-7-8-20-11-16-13(9-17(20)15(12)10-14)4-6-18(23-2)19(16)21/h3-11H,1-2H3/p+1. The second-order valence-corrected chi connectivity index (χ2v) is 5.45. The van der Waals surface area contributed by atoms with Gasteiger partial charge in [0.2, 0.25) is 5.52 Å². The number of aromatic nitrogens is 1. The van der Waals surface area contributed by atoms with Gasteiger partial charge in [-0.3, -0.25) is 0 Å². The molecule has 0 saturated heterocycles. The molecule has 4 nitrogen and oxygen atoms in total. The largest absolute Gasteiger partial charge is 0.504 e. The number of fused-ring (bicyclic) bond motifs is 4. The lowest BCUT2D eigenvalue weighted by Gasteiger charge is -2.07. The maximum Gasteiger partial charge on any atom is 0.219 e. The number of ether oxygens (including phenoxy) is 2. The van der Waals surface area contributed by atoms with Crippen LogP contribution in [0.2, 0.25) is 0 Å². The number of phenols is 1. The van der Waals surface area contributed by atoms with Gasteiger partial charge in [0.05, 0.1) is 25.0 Å². The Morgan fingerprint density at radius 2 is 1.70 bits per heavy atom. The SMILES string of the molecule is COc1ccc2cc[n+]3cc4c(O)c(OC)ccc4cc3c2c1. The highest BCUT2D eigenvalue weighted by molar-refractivity contribution is 5.99. The van der Waals surface area contributed by atoms with Gasteiger partial charge in [-0.1, -0.05) is 6.07 Å². The van der Waals surface area contributed by atoms with Crippen LogP contribution in [0.4, 0.5) is 0 Å². The molecule has 0 amide bonds. The summed E-state index contributed by atoms with van der Waals surface area (Å²) in [6.45, 7) is 0. The Morgan fingerprint density at radius 3 is 2.48 bits per heavy atom. The highest BCUT2D eigenvalue weighted by Gasteiger charge is 2.15. The minimum absolute atomic E-state index is 0.158. The molecule has 0 unspecified atom stereocenters. The van der Waals surface area contributed by atoms with E-state index in [1.807, 2.05) is 47.1 Å². The summed E-state index contributed by atoms with van der Waals surface area (Å²) >= 11 is 0. The van der Waals surface area contributed by atoms with Gasteiger partial charge in [0.25, 0.3) is 0 Å². The molecule has 4 heteroatoms. The lowest BCUT2D eigenvalue weighted by atomic mass is 10.1. The Hall–Kier alpha value is -3.01. The summed E-state index contributed by atoms with van der Waals surface area (Å²) in [6.07, 6.45) is 3.91. The Bertz CT molecular complexity index is 1060. The first-order valence-electron chi connectivity index (χ1n) is 7.33. The van der Waals surface area contributed by atoms with E-state index in [0.29, 0.717) is 5.75 Å². The average molecular weight is 306 g/mol. The molecule has 0 spiro atoms. The van der Waals surface area contributed by atoms with Crippen LogP contribution in [0, 0.1) is 0 Å². The van der Waals surface area contributed by atoms with Crippen LogP contribution in [0.5, 0.6) is 17.2 Å². The van der Waals surface area contributed by atoms with E-state index in [2.05, 4.69) is 6.07 Å². The first-order chi connectivity index (χ1) is 11.2. The van der Waals surface area contributed by atoms with Crippen molar-refractivity contribution in [2.75, 3.05) is 14.2 Å². The van der Waals surface area contributed by atoms with Crippen molar-refractivity contribution in [2.45, 2.75) is 0 Å². The molecular weight excluding hydrogens is 290 g/mol. The van der Waals surface area contributed by atoms with E-state index in [9.17, 15) is 5.11 Å². The molecule has 0 radical (unpaired) electrons. The number of rotatable bonds is 2. The van der Waals surface area contributed by atoms with Crippen LogP contribution in [0.15, 0.2) is 54.9 Å². The quantitative estimate of drug-likeness (QED) is 0.350. The van der Waals surface area contributed by atoms with Gasteiger partial charge in [-0.25, -0.2) is 0 Å². The van der Waals surface area contributed by atoms with Crippen LogP contribution in [-0.2, 0) is 0 Å². The number of benzene rings is 2. The highest BCUT2D eigenvalue weighted by atomic mass is 16.5. The minimum atomic E-state index is 0.158. The zero-order valence-electron chi connectivity index (χ0n) is 12.9. The molecule has 23 heavy (non-hydrogen) atoms. The molecule has 0 aliphatic rings. The summed E-state index contributed by atoms with van der Waals surface area (Å²) < 4.78 is 12.5. The van der Waals surface area contributed by atoms with Gasteiger partial charge in [0.15, 0.2) is 23.9 Å². The first-order valence-corrected chi connectivity index (χ1v) is 7.33. The maximum atomic E-state index is 10.3. The molecule has 1 N–H and O–H groups in total. The van der Waals surface area contributed by atoms with Gasteiger partial charge < -0.3 is 14.6 Å². The summed E-state index contributed by atoms with van der Waals surface area (Å²) in [5.74, 6) is 1.45. The Morgan fingerprint density at radius 1 is 0.870 bits per heavy atom. The molecule has 114 valence electrons. The Kier molecular flexibility index (Phi) is 2.98. The third-order valence-corrected chi connectivity index (χ3v) is 4.22. The zero-order chi connectivity index (χ0) is 16.0. The predicted octanol–water partition coefficient (Wildman–Crippen LogP) is 3.45. The van der Waals surface area contributed by atoms with Crippen molar-refractivity contribution in [2.24, 2.45) is 0 Å². The lowest BCUT2D eigenvalue weighted by molar-refractivity contribution is -0.509. The van der Waals surface area contributed by atoms with Crippen LogP contribution in [0.1, 0.15) is 0 Å². The summed E-state index contributed by atoms with van der Waals surface area (Å²) in [5.41, 5.74) is 1.05. The molecular formula is C19H16NO3+. The van der Waals surface area contributed by atoms with E-state index < -0.39 is 0 Å². The van der Waals surface area contributed by atoms with E-state index in [0.717, 1.165) is 32.8 Å². The number of pyridine rings is 2. The highest BCUT2D eigenvalue weighted by Crippen LogP contribution is 2.34. The Balaban J connectivity index is 2.12. The summed E-state index contributed by atoms with van der Waals surface area (Å²) in [7, 11) is 3.22. The lowest BCUT2D eigenvalue weighted by Crippen LogP contribution is -2.20. The van der Waals surface area contributed by atoms with E-state index >= 15 is 0 Å². The third kappa shape index (κ3) is 2.03. The third-order valence-electron chi connectivity index (χ3n) is 4.22. The van der Waals surface area contributed by atoms with Gasteiger partial charge in [-0.15, -0.1) is 0 Å². The number of hydrogen-bond donors (Lipinski definition) is 1. The number of aromatic hydroxyl groups is 1. The fourth-order valence-corrected chi connectivity index (χ4v) is 2.99. The molecule has 0 aliphatic carbocycles. The molecule has 0 bridgehead atoms. The van der Waals surface area contributed by atoms with E-state index in [1.54, 1.807) is 20.3 Å². The topological polar surface area (TPSA) is 42.8 Å². The van der Waals surface area contributed by atoms with Crippen molar-refractivity contribution in [3.05, 3.63) is 54.9 Å². The van der Waals surface area contributed by atoms with Crippen molar-refractivity contribution in [1.29, 1.82) is 0 Å². The van der Waals surface area contributed by atoms with Crippen molar-refractivity contribution >= 4 is 27.1 Å². The van der Waals surface area contributed by atoms with Crippen molar-refractivity contribution < 1.29 is 19.0 Å². The average Bonchev–Trinajstić information content (AvgIpc) is 2.60. The second-order valence-electron chi connectivity index (χ2n) is 5.45. The number of hydrogen-bond acceptors (Lipinski definition) is 3. The fraction of sp³-hybridized carbons (Fsp3) is 0.105. The molecule has 4 aromatic rings. The molecule has 0 fully saturated rings. The van der Waals surface area contributed by atoms with Crippen molar-refractivity contribution in [1.82, 2.24) is 0 Å².